The number of guanidine groups is 1. The SMILES string of the molecule is CC(C)CC(NC(=O)C(N)CCCN=C(N)N)C(=O)NC(CS)C(=O)NC(Cc1ccccc1)C(=O)O. The van der Waals surface area contributed by atoms with Crippen LogP contribution in [0, 0.1) is 5.92 Å². The predicted octanol–water partition coefficient (Wildman–Crippen LogP) is -0.875. The van der Waals surface area contributed by atoms with Crippen molar-refractivity contribution in [1.29, 1.82) is 0 Å². The van der Waals surface area contributed by atoms with Crippen molar-refractivity contribution in [2.24, 2.45) is 28.1 Å². The summed E-state index contributed by atoms with van der Waals surface area (Å²) in [5, 5.41) is 17.2. The van der Waals surface area contributed by atoms with Crippen LogP contribution in [0.3, 0.4) is 0 Å². The van der Waals surface area contributed by atoms with Gasteiger partial charge in [-0.25, -0.2) is 4.79 Å². The maximum absolute atomic E-state index is 13.0. The molecule has 4 atom stereocenters. The molecule has 1 aromatic rings. The number of aliphatic carboxylic acids is 1. The average Bonchev–Trinajstić information content (AvgIpc) is 2.83. The Morgan fingerprint density at radius 2 is 1.51 bits per heavy atom. The zero-order valence-electron chi connectivity index (χ0n) is 21.2. The van der Waals surface area contributed by atoms with Crippen molar-refractivity contribution in [1.82, 2.24) is 16.0 Å². The number of benzene rings is 1. The number of carboxylic acid groups (broad SMARTS) is 1. The fourth-order valence-electron chi connectivity index (χ4n) is 3.42. The minimum Gasteiger partial charge on any atom is -0.480 e. The van der Waals surface area contributed by atoms with E-state index in [2.05, 4.69) is 33.6 Å². The molecular weight excluding hydrogens is 498 g/mol. The Labute approximate surface area is 222 Å². The quantitative estimate of drug-likeness (QED) is 0.0572. The highest BCUT2D eigenvalue weighted by Crippen LogP contribution is 2.08. The van der Waals surface area contributed by atoms with E-state index in [1.54, 1.807) is 30.3 Å². The third kappa shape index (κ3) is 12.5. The van der Waals surface area contributed by atoms with E-state index in [4.69, 9.17) is 17.2 Å². The van der Waals surface area contributed by atoms with Gasteiger partial charge in [-0.3, -0.25) is 19.4 Å². The lowest BCUT2D eigenvalue weighted by atomic mass is 10.0. The number of nitrogens with one attached hydrogen (secondary N) is 3. The summed E-state index contributed by atoms with van der Waals surface area (Å²) in [4.78, 5) is 54.0. The van der Waals surface area contributed by atoms with Gasteiger partial charge in [-0.2, -0.15) is 12.6 Å². The van der Waals surface area contributed by atoms with Crippen molar-refractivity contribution in [2.75, 3.05) is 12.3 Å². The first-order valence-electron chi connectivity index (χ1n) is 12.0. The summed E-state index contributed by atoms with van der Waals surface area (Å²) in [5.41, 5.74) is 17.2. The molecule has 0 saturated heterocycles. The van der Waals surface area contributed by atoms with Gasteiger partial charge >= 0.3 is 5.97 Å². The van der Waals surface area contributed by atoms with Crippen LogP contribution in [0.15, 0.2) is 35.3 Å². The number of hydrogen-bond acceptors (Lipinski definition) is 7. The highest BCUT2D eigenvalue weighted by atomic mass is 32.1. The Hall–Kier alpha value is -3.32. The van der Waals surface area contributed by atoms with E-state index in [1.165, 1.54) is 0 Å². The number of thiol groups is 1. The van der Waals surface area contributed by atoms with Crippen LogP contribution in [0.1, 0.15) is 38.7 Å². The summed E-state index contributed by atoms with van der Waals surface area (Å²) in [6.45, 7) is 4.08. The summed E-state index contributed by atoms with van der Waals surface area (Å²) >= 11 is 4.15. The van der Waals surface area contributed by atoms with Crippen molar-refractivity contribution in [2.45, 2.75) is 63.7 Å². The molecule has 4 unspecified atom stereocenters. The van der Waals surface area contributed by atoms with Crippen molar-refractivity contribution >= 4 is 42.3 Å². The van der Waals surface area contributed by atoms with E-state index < -0.39 is 47.9 Å². The second-order valence-corrected chi connectivity index (χ2v) is 9.44. The lowest BCUT2D eigenvalue weighted by Crippen LogP contribution is -2.58. The molecule has 1 rings (SSSR count). The molecule has 0 spiro atoms. The topological polar surface area (TPSA) is 215 Å². The van der Waals surface area contributed by atoms with E-state index in [1.807, 2.05) is 13.8 Å². The van der Waals surface area contributed by atoms with Crippen LogP contribution in [-0.4, -0.2) is 71.2 Å². The number of hydrogen-bond donors (Lipinski definition) is 8. The van der Waals surface area contributed by atoms with Gasteiger partial charge in [0, 0.05) is 18.7 Å². The maximum atomic E-state index is 13.0. The first-order valence-corrected chi connectivity index (χ1v) is 12.7. The predicted molar refractivity (Wildman–Crippen MR) is 145 cm³/mol. The Bertz CT molecular complexity index is 925. The third-order valence-corrected chi connectivity index (χ3v) is 5.72. The largest absolute Gasteiger partial charge is 0.480 e. The molecule has 13 heteroatoms. The number of nitrogens with zero attached hydrogens (tertiary/aromatic N) is 1. The zero-order chi connectivity index (χ0) is 28.0. The van der Waals surface area contributed by atoms with E-state index in [0.717, 1.165) is 5.56 Å². The standard InChI is InChI=1S/C24H39N7O5S/c1-14(2)11-17(29-20(32)16(25)9-6-10-28-24(26)27)21(33)31-19(13-37)22(34)30-18(23(35)36)12-15-7-4-3-5-8-15/h3-5,7-8,14,16-19,37H,6,9-13,25H2,1-2H3,(H,29,32)(H,30,34)(H,31,33)(H,35,36)(H4,26,27,28). The third-order valence-electron chi connectivity index (χ3n) is 5.36. The molecule has 0 aromatic heterocycles. The summed E-state index contributed by atoms with van der Waals surface area (Å²) in [7, 11) is 0. The van der Waals surface area contributed by atoms with Gasteiger partial charge in [0.05, 0.1) is 6.04 Å². The fraction of sp³-hybridized carbons (Fsp3) is 0.542. The number of carboxylic acids is 1. The first-order chi connectivity index (χ1) is 17.4. The van der Waals surface area contributed by atoms with Crippen LogP contribution in [0.4, 0.5) is 0 Å². The Morgan fingerprint density at radius 1 is 0.946 bits per heavy atom. The summed E-state index contributed by atoms with van der Waals surface area (Å²) in [6.07, 6.45) is 1.15. The molecule has 206 valence electrons. The molecular formula is C24H39N7O5S. The van der Waals surface area contributed by atoms with E-state index >= 15 is 0 Å². The molecule has 0 fully saturated rings. The normalized spacial score (nSPS) is 14.1. The number of nitrogens with two attached hydrogens (primary N) is 3. The molecule has 0 heterocycles. The molecule has 10 N–H and O–H groups in total. The molecule has 0 bridgehead atoms. The minimum atomic E-state index is -1.21. The highest BCUT2D eigenvalue weighted by molar-refractivity contribution is 7.80. The zero-order valence-corrected chi connectivity index (χ0v) is 22.1. The fourth-order valence-corrected chi connectivity index (χ4v) is 3.68. The summed E-state index contributed by atoms with van der Waals surface area (Å²) in [6, 6.07) is 4.70. The number of rotatable bonds is 16. The first kappa shape index (κ1) is 31.7. The maximum Gasteiger partial charge on any atom is 0.326 e. The van der Waals surface area contributed by atoms with Gasteiger partial charge in [0.2, 0.25) is 17.7 Å². The molecule has 0 radical (unpaired) electrons. The van der Waals surface area contributed by atoms with Crippen LogP contribution >= 0.6 is 12.6 Å². The lowest BCUT2D eigenvalue weighted by Gasteiger charge is -2.25. The van der Waals surface area contributed by atoms with Gasteiger partial charge in [-0.05, 0) is 30.7 Å². The smallest absolute Gasteiger partial charge is 0.326 e. The lowest BCUT2D eigenvalue weighted by molar-refractivity contribution is -0.142. The molecule has 0 saturated carbocycles. The van der Waals surface area contributed by atoms with Gasteiger partial charge < -0.3 is 38.3 Å². The summed E-state index contributed by atoms with van der Waals surface area (Å²) in [5.74, 6) is -3.12. The molecule has 0 aliphatic heterocycles. The molecule has 37 heavy (non-hydrogen) atoms. The molecule has 1 aromatic carbocycles. The summed E-state index contributed by atoms with van der Waals surface area (Å²) < 4.78 is 0. The second kappa shape index (κ2) is 16.4. The number of carbonyl (C=O) groups is 4. The van der Waals surface area contributed by atoms with Gasteiger partial charge in [-0.1, -0.05) is 44.2 Å². The van der Waals surface area contributed by atoms with E-state index in [9.17, 15) is 24.3 Å². The number of amides is 3. The van der Waals surface area contributed by atoms with Crippen molar-refractivity contribution < 1.29 is 24.3 Å². The Balaban J connectivity index is 2.80. The van der Waals surface area contributed by atoms with Gasteiger partial charge in [0.25, 0.3) is 0 Å². The highest BCUT2D eigenvalue weighted by Gasteiger charge is 2.30. The monoisotopic (exact) mass is 537 g/mol. The van der Waals surface area contributed by atoms with Gasteiger partial charge in [-0.15, -0.1) is 0 Å². The second-order valence-electron chi connectivity index (χ2n) is 9.08. The molecule has 0 aliphatic rings. The van der Waals surface area contributed by atoms with Crippen LogP contribution in [0.25, 0.3) is 0 Å². The van der Waals surface area contributed by atoms with E-state index in [0.29, 0.717) is 25.8 Å². The van der Waals surface area contributed by atoms with Gasteiger partial charge in [0.1, 0.15) is 18.1 Å². The van der Waals surface area contributed by atoms with Crippen molar-refractivity contribution in [3.63, 3.8) is 0 Å². The van der Waals surface area contributed by atoms with Crippen LogP contribution < -0.4 is 33.2 Å². The minimum absolute atomic E-state index is 0.0414. The number of carbonyl (C=O) groups excluding carboxylic acids is 3. The van der Waals surface area contributed by atoms with Crippen molar-refractivity contribution in [3.8, 4) is 0 Å². The van der Waals surface area contributed by atoms with Gasteiger partial charge in [0.15, 0.2) is 5.96 Å². The van der Waals surface area contributed by atoms with E-state index in [-0.39, 0.29) is 24.1 Å². The molecule has 0 aliphatic carbocycles. The molecule has 3 amide bonds. The average molecular weight is 538 g/mol. The Morgan fingerprint density at radius 3 is 2.05 bits per heavy atom. The Kier molecular flexibility index (Phi) is 14.1. The van der Waals surface area contributed by atoms with Crippen molar-refractivity contribution in [3.05, 3.63) is 35.9 Å². The number of aliphatic imine (C=N–C) groups is 1. The van der Waals surface area contributed by atoms with Crippen LogP contribution in [0.5, 0.6) is 0 Å². The van der Waals surface area contributed by atoms with Crippen LogP contribution in [-0.2, 0) is 25.6 Å². The molecule has 12 nitrogen and oxygen atoms in total. The van der Waals surface area contributed by atoms with Crippen LogP contribution in [0.2, 0.25) is 0 Å².